The van der Waals surface area contributed by atoms with Gasteiger partial charge in [0.1, 0.15) is 5.75 Å². The van der Waals surface area contributed by atoms with E-state index in [-0.39, 0.29) is 12.5 Å². The number of unbranched alkanes of at least 4 members (excludes halogenated alkanes) is 2. The Bertz CT molecular complexity index is 430. The van der Waals surface area contributed by atoms with Gasteiger partial charge in [0.2, 0.25) is 5.91 Å². The summed E-state index contributed by atoms with van der Waals surface area (Å²) in [4.78, 5) is 21.9. The number of ether oxygens (including phenoxy) is 1. The first-order valence-electron chi connectivity index (χ1n) is 6.47. The molecule has 0 heterocycles. The lowest BCUT2D eigenvalue weighted by atomic mass is 10.2. The molecule has 0 spiro atoms. The topological polar surface area (TPSA) is 95.9 Å². The highest BCUT2D eigenvalue weighted by Crippen LogP contribution is 2.16. The van der Waals surface area contributed by atoms with Crippen molar-refractivity contribution in [2.24, 2.45) is 0 Å². The summed E-state index contributed by atoms with van der Waals surface area (Å²) in [7, 11) is 0. The summed E-state index contributed by atoms with van der Waals surface area (Å²) in [6, 6.07) is 6.51. The van der Waals surface area contributed by atoms with Gasteiger partial charge in [0.05, 0.1) is 0 Å². The number of amides is 1. The summed E-state index contributed by atoms with van der Waals surface area (Å²) in [6.07, 6.45) is 2.69. The van der Waals surface area contributed by atoms with Crippen LogP contribution in [0.4, 0.5) is 5.69 Å². The Kier molecular flexibility index (Phi) is 7.13. The van der Waals surface area contributed by atoms with Gasteiger partial charge in [-0.1, -0.05) is 6.42 Å². The normalized spacial score (nSPS) is 10.1. The minimum Gasteiger partial charge on any atom is -0.482 e. The number of carboxylic acids is 1. The molecule has 1 amide bonds. The molecule has 6 heteroatoms. The number of anilines is 1. The molecule has 6 nitrogen and oxygen atoms in total. The van der Waals surface area contributed by atoms with Crippen LogP contribution in [0, 0.1) is 0 Å². The lowest BCUT2D eigenvalue weighted by Gasteiger charge is -2.07. The molecule has 0 saturated heterocycles. The predicted octanol–water partition coefficient (Wildman–Crippen LogP) is 1.64. The third kappa shape index (κ3) is 6.75. The predicted molar refractivity (Wildman–Crippen MR) is 73.8 cm³/mol. The van der Waals surface area contributed by atoms with Crippen LogP contribution in [0.2, 0.25) is 0 Å². The van der Waals surface area contributed by atoms with E-state index in [2.05, 4.69) is 5.32 Å². The number of rotatable bonds is 9. The zero-order valence-corrected chi connectivity index (χ0v) is 11.2. The standard InChI is InChI=1S/C14H19NO5/c16-9-3-1-2-4-13(17)15-11-5-7-12(8-6-11)20-10-14(18)19/h5-8,16H,1-4,9-10H2,(H,15,17)(H,18,19). The van der Waals surface area contributed by atoms with E-state index in [1.54, 1.807) is 24.3 Å². The second kappa shape index (κ2) is 8.92. The molecule has 0 aliphatic heterocycles. The van der Waals surface area contributed by atoms with Crippen molar-refractivity contribution in [3.05, 3.63) is 24.3 Å². The third-order valence-corrected chi connectivity index (χ3v) is 2.56. The van der Waals surface area contributed by atoms with E-state index in [0.29, 0.717) is 24.3 Å². The lowest BCUT2D eigenvalue weighted by molar-refractivity contribution is -0.139. The second-order valence-electron chi connectivity index (χ2n) is 4.29. The molecule has 0 unspecified atom stereocenters. The molecule has 0 bridgehead atoms. The number of hydrogen-bond acceptors (Lipinski definition) is 4. The van der Waals surface area contributed by atoms with Crippen LogP contribution < -0.4 is 10.1 Å². The second-order valence-corrected chi connectivity index (χ2v) is 4.29. The number of aliphatic carboxylic acids is 1. The Hall–Kier alpha value is -2.08. The molecule has 1 aromatic carbocycles. The quantitative estimate of drug-likeness (QED) is 0.598. The monoisotopic (exact) mass is 281 g/mol. The van der Waals surface area contributed by atoms with Gasteiger partial charge in [-0.15, -0.1) is 0 Å². The first-order valence-corrected chi connectivity index (χ1v) is 6.47. The number of aliphatic hydroxyl groups excluding tert-OH is 1. The van der Waals surface area contributed by atoms with Gasteiger partial charge in [-0.3, -0.25) is 4.79 Å². The SMILES string of the molecule is O=C(O)COc1ccc(NC(=O)CCCCCO)cc1. The maximum atomic E-state index is 11.6. The minimum atomic E-state index is -1.04. The number of carboxylic acid groups (broad SMARTS) is 1. The molecular weight excluding hydrogens is 262 g/mol. The zero-order chi connectivity index (χ0) is 14.8. The van der Waals surface area contributed by atoms with Gasteiger partial charge in [-0.25, -0.2) is 4.79 Å². The Morgan fingerprint density at radius 3 is 2.40 bits per heavy atom. The Morgan fingerprint density at radius 1 is 1.10 bits per heavy atom. The van der Waals surface area contributed by atoms with Crippen molar-refractivity contribution in [2.45, 2.75) is 25.7 Å². The van der Waals surface area contributed by atoms with Crippen LogP contribution in [-0.4, -0.2) is 35.3 Å². The molecule has 0 atom stereocenters. The van der Waals surface area contributed by atoms with Gasteiger partial charge in [0, 0.05) is 18.7 Å². The third-order valence-electron chi connectivity index (χ3n) is 2.56. The number of nitrogens with one attached hydrogen (secondary N) is 1. The summed E-state index contributed by atoms with van der Waals surface area (Å²) in [5, 5.41) is 19.8. The van der Waals surface area contributed by atoms with Gasteiger partial charge in [-0.2, -0.15) is 0 Å². The highest BCUT2D eigenvalue weighted by atomic mass is 16.5. The van der Waals surface area contributed by atoms with Crippen LogP contribution in [0.15, 0.2) is 24.3 Å². The fraction of sp³-hybridized carbons (Fsp3) is 0.429. The number of carbonyl (C=O) groups excluding carboxylic acids is 1. The van der Waals surface area contributed by atoms with Crippen LogP contribution in [0.5, 0.6) is 5.75 Å². The number of aliphatic hydroxyl groups is 1. The molecule has 110 valence electrons. The van der Waals surface area contributed by atoms with Crippen molar-refractivity contribution in [1.29, 1.82) is 0 Å². The molecule has 0 aliphatic carbocycles. The fourth-order valence-electron chi connectivity index (χ4n) is 1.58. The number of hydrogen-bond donors (Lipinski definition) is 3. The number of benzene rings is 1. The largest absolute Gasteiger partial charge is 0.482 e. The molecule has 3 N–H and O–H groups in total. The van der Waals surface area contributed by atoms with Crippen molar-refractivity contribution in [3.8, 4) is 5.75 Å². The molecular formula is C14H19NO5. The molecule has 0 radical (unpaired) electrons. The molecule has 1 rings (SSSR count). The van der Waals surface area contributed by atoms with E-state index in [0.717, 1.165) is 12.8 Å². The minimum absolute atomic E-state index is 0.0813. The molecule has 0 saturated carbocycles. The van der Waals surface area contributed by atoms with Crippen molar-refractivity contribution < 1.29 is 24.5 Å². The van der Waals surface area contributed by atoms with E-state index in [1.165, 1.54) is 0 Å². The molecule has 20 heavy (non-hydrogen) atoms. The Labute approximate surface area is 117 Å². The van der Waals surface area contributed by atoms with Gasteiger partial charge in [0.25, 0.3) is 0 Å². The van der Waals surface area contributed by atoms with E-state index in [1.807, 2.05) is 0 Å². The van der Waals surface area contributed by atoms with Crippen LogP contribution >= 0.6 is 0 Å². The van der Waals surface area contributed by atoms with Gasteiger partial charge in [0.15, 0.2) is 6.61 Å². The summed E-state index contributed by atoms with van der Waals surface area (Å²) in [5.41, 5.74) is 0.639. The zero-order valence-electron chi connectivity index (χ0n) is 11.2. The fourth-order valence-corrected chi connectivity index (χ4v) is 1.58. The number of carbonyl (C=O) groups is 2. The van der Waals surface area contributed by atoms with E-state index in [4.69, 9.17) is 14.9 Å². The Morgan fingerprint density at radius 2 is 1.80 bits per heavy atom. The molecule has 0 aromatic heterocycles. The van der Waals surface area contributed by atoms with Gasteiger partial charge >= 0.3 is 5.97 Å². The summed E-state index contributed by atoms with van der Waals surface area (Å²) < 4.78 is 4.98. The lowest BCUT2D eigenvalue weighted by Crippen LogP contribution is -2.11. The highest BCUT2D eigenvalue weighted by molar-refractivity contribution is 5.90. The van der Waals surface area contributed by atoms with Crippen LogP contribution in [0.3, 0.4) is 0 Å². The maximum absolute atomic E-state index is 11.6. The summed E-state index contributed by atoms with van der Waals surface area (Å²) in [5.74, 6) is -0.680. The van der Waals surface area contributed by atoms with Crippen LogP contribution in [0.25, 0.3) is 0 Å². The van der Waals surface area contributed by atoms with Gasteiger partial charge < -0.3 is 20.3 Å². The van der Waals surface area contributed by atoms with Crippen molar-refractivity contribution in [3.63, 3.8) is 0 Å². The average molecular weight is 281 g/mol. The van der Waals surface area contributed by atoms with Gasteiger partial charge in [-0.05, 0) is 37.1 Å². The van der Waals surface area contributed by atoms with E-state index in [9.17, 15) is 9.59 Å². The summed E-state index contributed by atoms with van der Waals surface area (Å²) in [6.45, 7) is -0.240. The van der Waals surface area contributed by atoms with Crippen molar-refractivity contribution in [2.75, 3.05) is 18.5 Å². The van der Waals surface area contributed by atoms with Crippen LogP contribution in [0.1, 0.15) is 25.7 Å². The van der Waals surface area contributed by atoms with Crippen molar-refractivity contribution >= 4 is 17.6 Å². The Balaban J connectivity index is 2.33. The smallest absolute Gasteiger partial charge is 0.341 e. The molecule has 1 aromatic rings. The molecule has 0 aliphatic rings. The van der Waals surface area contributed by atoms with E-state index < -0.39 is 12.6 Å². The average Bonchev–Trinajstić information content (AvgIpc) is 2.43. The van der Waals surface area contributed by atoms with Crippen molar-refractivity contribution in [1.82, 2.24) is 0 Å². The summed E-state index contributed by atoms with van der Waals surface area (Å²) >= 11 is 0. The molecule has 0 fully saturated rings. The van der Waals surface area contributed by atoms with E-state index >= 15 is 0 Å². The maximum Gasteiger partial charge on any atom is 0.341 e. The van der Waals surface area contributed by atoms with Crippen LogP contribution in [-0.2, 0) is 9.59 Å². The highest BCUT2D eigenvalue weighted by Gasteiger charge is 2.03. The first-order chi connectivity index (χ1) is 9.61. The first kappa shape index (κ1) is 16.0.